The Kier molecular flexibility index (Phi) is 4.79. The van der Waals surface area contributed by atoms with Gasteiger partial charge < -0.3 is 0 Å². The monoisotopic (exact) mass is 370 g/mol. The number of sulfonamides is 1. The summed E-state index contributed by atoms with van der Waals surface area (Å²) < 4.78 is 26.8. The lowest BCUT2D eigenvalue weighted by atomic mass is 10.1. The highest BCUT2D eigenvalue weighted by atomic mass is 35.5. The van der Waals surface area contributed by atoms with E-state index in [1.165, 1.54) is 12.1 Å². The Morgan fingerprint density at radius 1 is 1.14 bits per heavy atom. The standard InChI is InChI=1S/C11H9Cl3N2O4S/c12-5-3-6(13)10(7(14)4-5)21(19,20)16-8-1-2-9(17)15-11(8)18/h3-4,8,16H,1-2H2,(H,15,17,18). The molecule has 0 aliphatic carbocycles. The number of imide groups is 1. The fraction of sp³-hybridized carbons (Fsp3) is 0.273. The summed E-state index contributed by atoms with van der Waals surface area (Å²) in [7, 11) is -4.13. The zero-order chi connectivity index (χ0) is 15.8. The van der Waals surface area contributed by atoms with E-state index in [1.807, 2.05) is 5.32 Å². The quantitative estimate of drug-likeness (QED) is 0.792. The van der Waals surface area contributed by atoms with Crippen molar-refractivity contribution in [2.24, 2.45) is 0 Å². The first kappa shape index (κ1) is 16.5. The number of carbonyl (C=O) groups is 2. The maximum atomic E-state index is 12.3. The maximum Gasteiger partial charge on any atom is 0.244 e. The van der Waals surface area contributed by atoms with Gasteiger partial charge in [-0.25, -0.2) is 8.42 Å². The van der Waals surface area contributed by atoms with Crippen LogP contribution in [0.3, 0.4) is 0 Å². The first-order valence-corrected chi connectivity index (χ1v) is 8.33. The third-order valence-electron chi connectivity index (χ3n) is 2.77. The van der Waals surface area contributed by atoms with Crippen LogP contribution in [-0.2, 0) is 19.6 Å². The van der Waals surface area contributed by atoms with Crippen LogP contribution in [-0.4, -0.2) is 26.3 Å². The van der Waals surface area contributed by atoms with Gasteiger partial charge in [0.1, 0.15) is 10.9 Å². The largest absolute Gasteiger partial charge is 0.295 e. The average molecular weight is 372 g/mol. The zero-order valence-electron chi connectivity index (χ0n) is 10.3. The second kappa shape index (κ2) is 6.10. The second-order valence-electron chi connectivity index (χ2n) is 4.32. The van der Waals surface area contributed by atoms with E-state index < -0.39 is 27.9 Å². The van der Waals surface area contributed by atoms with Gasteiger partial charge in [-0.15, -0.1) is 0 Å². The van der Waals surface area contributed by atoms with Crippen LogP contribution in [0.25, 0.3) is 0 Å². The van der Waals surface area contributed by atoms with Crippen LogP contribution in [0, 0.1) is 0 Å². The van der Waals surface area contributed by atoms with Crippen molar-refractivity contribution < 1.29 is 18.0 Å². The van der Waals surface area contributed by atoms with E-state index in [9.17, 15) is 18.0 Å². The van der Waals surface area contributed by atoms with E-state index in [1.54, 1.807) is 0 Å². The Labute approximate surface area is 135 Å². The van der Waals surface area contributed by atoms with E-state index in [4.69, 9.17) is 34.8 Å². The Hall–Kier alpha value is -0.860. The summed E-state index contributed by atoms with van der Waals surface area (Å²) in [6, 6.07) is 1.40. The van der Waals surface area contributed by atoms with E-state index >= 15 is 0 Å². The number of benzene rings is 1. The maximum absolute atomic E-state index is 12.3. The van der Waals surface area contributed by atoms with E-state index in [0.29, 0.717) is 0 Å². The Morgan fingerprint density at radius 2 is 1.71 bits per heavy atom. The van der Waals surface area contributed by atoms with E-state index in [0.717, 1.165) is 0 Å². The molecule has 1 fully saturated rings. The molecular weight excluding hydrogens is 363 g/mol. The highest BCUT2D eigenvalue weighted by Crippen LogP contribution is 2.32. The molecule has 1 aromatic carbocycles. The molecule has 2 N–H and O–H groups in total. The number of rotatable bonds is 3. The topological polar surface area (TPSA) is 92.3 Å². The normalized spacial score (nSPS) is 19.5. The number of piperidine rings is 1. The molecule has 1 unspecified atom stereocenters. The lowest BCUT2D eigenvalue weighted by molar-refractivity contribution is -0.134. The fourth-order valence-electron chi connectivity index (χ4n) is 1.84. The minimum Gasteiger partial charge on any atom is -0.295 e. The van der Waals surface area contributed by atoms with Crippen LogP contribution in [0.4, 0.5) is 0 Å². The van der Waals surface area contributed by atoms with Gasteiger partial charge in [0.15, 0.2) is 0 Å². The van der Waals surface area contributed by atoms with Gasteiger partial charge in [0, 0.05) is 11.4 Å². The molecule has 1 aliphatic heterocycles. The number of nitrogens with one attached hydrogen (secondary N) is 2. The van der Waals surface area contributed by atoms with Crippen molar-refractivity contribution >= 4 is 56.6 Å². The van der Waals surface area contributed by atoms with Crippen molar-refractivity contribution in [1.82, 2.24) is 10.0 Å². The molecule has 1 aliphatic rings. The molecule has 0 aromatic heterocycles. The minimum atomic E-state index is -4.13. The molecule has 0 spiro atoms. The van der Waals surface area contributed by atoms with Crippen molar-refractivity contribution in [3.05, 3.63) is 27.2 Å². The molecule has 21 heavy (non-hydrogen) atoms. The van der Waals surface area contributed by atoms with Crippen molar-refractivity contribution in [3.63, 3.8) is 0 Å². The molecule has 2 rings (SSSR count). The first-order valence-electron chi connectivity index (χ1n) is 5.71. The molecule has 2 amide bonds. The molecule has 114 valence electrons. The number of hydrogen-bond acceptors (Lipinski definition) is 4. The molecule has 6 nitrogen and oxygen atoms in total. The smallest absolute Gasteiger partial charge is 0.244 e. The molecule has 0 saturated carbocycles. The highest BCUT2D eigenvalue weighted by Gasteiger charge is 2.32. The van der Waals surface area contributed by atoms with Gasteiger partial charge in [-0.1, -0.05) is 34.8 Å². The number of hydrogen-bond donors (Lipinski definition) is 2. The van der Waals surface area contributed by atoms with E-state index in [2.05, 4.69) is 4.72 Å². The van der Waals surface area contributed by atoms with Crippen molar-refractivity contribution in [2.45, 2.75) is 23.8 Å². The van der Waals surface area contributed by atoms with Gasteiger partial charge in [-0.05, 0) is 18.6 Å². The highest BCUT2D eigenvalue weighted by molar-refractivity contribution is 7.89. The van der Waals surface area contributed by atoms with Crippen molar-refractivity contribution in [1.29, 1.82) is 0 Å². The first-order chi connectivity index (χ1) is 9.70. The van der Waals surface area contributed by atoms with Gasteiger partial charge in [-0.2, -0.15) is 4.72 Å². The van der Waals surface area contributed by atoms with Gasteiger partial charge in [0.2, 0.25) is 21.8 Å². The second-order valence-corrected chi connectivity index (χ2v) is 7.23. The molecule has 1 atom stereocenters. The summed E-state index contributed by atoms with van der Waals surface area (Å²) in [5.41, 5.74) is 0. The molecular formula is C11H9Cl3N2O4S. The molecule has 0 bridgehead atoms. The summed E-state index contributed by atoms with van der Waals surface area (Å²) in [6.07, 6.45) is 0.105. The minimum absolute atomic E-state index is 0.0427. The molecule has 10 heteroatoms. The van der Waals surface area contributed by atoms with Crippen LogP contribution in [0.2, 0.25) is 15.1 Å². The summed E-state index contributed by atoms with van der Waals surface area (Å²) in [4.78, 5) is 22.3. The van der Waals surface area contributed by atoms with Crippen LogP contribution in [0.1, 0.15) is 12.8 Å². The fourth-order valence-corrected chi connectivity index (χ4v) is 4.61. The predicted molar refractivity (Wildman–Crippen MR) is 78.0 cm³/mol. The Balaban J connectivity index is 2.31. The summed E-state index contributed by atoms with van der Waals surface area (Å²) >= 11 is 17.4. The van der Waals surface area contributed by atoms with Crippen LogP contribution < -0.4 is 10.0 Å². The number of amides is 2. The summed E-state index contributed by atoms with van der Waals surface area (Å²) in [6.45, 7) is 0. The SMILES string of the molecule is O=C1CCC(NS(=O)(=O)c2c(Cl)cc(Cl)cc2Cl)C(=O)N1. The Bertz CT molecular complexity index is 697. The molecule has 1 saturated heterocycles. The summed E-state index contributed by atoms with van der Waals surface area (Å²) in [5, 5.41) is 1.92. The van der Waals surface area contributed by atoms with Crippen LogP contribution in [0.5, 0.6) is 0 Å². The number of carbonyl (C=O) groups excluding carboxylic acids is 2. The lowest BCUT2D eigenvalue weighted by Gasteiger charge is -2.22. The van der Waals surface area contributed by atoms with Crippen molar-refractivity contribution in [2.75, 3.05) is 0 Å². The molecule has 0 radical (unpaired) electrons. The summed E-state index contributed by atoms with van der Waals surface area (Å²) in [5.74, 6) is -1.16. The lowest BCUT2D eigenvalue weighted by Crippen LogP contribution is -2.52. The van der Waals surface area contributed by atoms with Gasteiger partial charge in [0.25, 0.3) is 0 Å². The molecule has 1 aromatic rings. The third kappa shape index (κ3) is 3.67. The Morgan fingerprint density at radius 3 is 2.24 bits per heavy atom. The van der Waals surface area contributed by atoms with Gasteiger partial charge in [-0.3, -0.25) is 14.9 Å². The third-order valence-corrected chi connectivity index (χ3v) is 5.38. The van der Waals surface area contributed by atoms with Gasteiger partial charge in [0.05, 0.1) is 10.0 Å². The van der Waals surface area contributed by atoms with Crippen molar-refractivity contribution in [3.8, 4) is 0 Å². The van der Waals surface area contributed by atoms with Gasteiger partial charge >= 0.3 is 0 Å². The van der Waals surface area contributed by atoms with E-state index in [-0.39, 0.29) is 32.8 Å². The van der Waals surface area contributed by atoms with Crippen LogP contribution >= 0.6 is 34.8 Å². The zero-order valence-corrected chi connectivity index (χ0v) is 13.4. The predicted octanol–water partition coefficient (Wildman–Crippen LogP) is 1.73. The van der Waals surface area contributed by atoms with Crippen LogP contribution in [0.15, 0.2) is 17.0 Å². The average Bonchev–Trinajstić information content (AvgIpc) is 2.30. The molecule has 1 heterocycles. The number of halogens is 3.